The Hall–Kier alpha value is -1.10. The number of nitrogens with one attached hydrogen (secondary N) is 1. The van der Waals surface area contributed by atoms with Gasteiger partial charge >= 0.3 is 0 Å². The molecule has 3 aromatic rings. The lowest BCUT2D eigenvalue weighted by molar-refractivity contribution is 0.469. The molecule has 2 heterocycles. The highest BCUT2D eigenvalue weighted by Gasteiger charge is 2.19. The molecule has 4 heteroatoms. The fourth-order valence-corrected chi connectivity index (χ4v) is 3.67. The number of fused-ring (bicyclic) bond motifs is 1. The molecule has 0 aliphatic carbocycles. The molecular formula is C17H18BrNOS. The van der Waals surface area contributed by atoms with E-state index in [4.69, 9.17) is 4.42 Å². The maximum atomic E-state index is 6.12. The third kappa shape index (κ3) is 3.07. The van der Waals surface area contributed by atoms with Crippen molar-refractivity contribution in [1.82, 2.24) is 5.32 Å². The molecule has 0 fully saturated rings. The summed E-state index contributed by atoms with van der Waals surface area (Å²) in [6.45, 7) is 5.29. The van der Waals surface area contributed by atoms with E-state index in [1.54, 1.807) is 11.3 Å². The summed E-state index contributed by atoms with van der Waals surface area (Å²) in [4.78, 5) is 1.32. The highest BCUT2D eigenvalue weighted by atomic mass is 79.9. The smallest absolute Gasteiger partial charge is 0.148 e. The molecule has 1 atom stereocenters. The van der Waals surface area contributed by atoms with Gasteiger partial charge in [-0.25, -0.2) is 0 Å². The van der Waals surface area contributed by atoms with E-state index in [0.717, 1.165) is 34.2 Å². The zero-order valence-corrected chi connectivity index (χ0v) is 14.6. The number of thiophene rings is 1. The highest BCUT2D eigenvalue weighted by molar-refractivity contribution is 9.10. The molecule has 2 aromatic heterocycles. The number of aryl methyl sites for hydroxylation is 1. The molecule has 1 aromatic carbocycles. The summed E-state index contributed by atoms with van der Waals surface area (Å²) >= 11 is 5.34. The second-order valence-corrected chi connectivity index (χ2v) is 7.15. The Morgan fingerprint density at radius 3 is 2.86 bits per heavy atom. The maximum Gasteiger partial charge on any atom is 0.148 e. The van der Waals surface area contributed by atoms with Crippen LogP contribution in [0.1, 0.15) is 35.6 Å². The zero-order chi connectivity index (χ0) is 14.8. The quantitative estimate of drug-likeness (QED) is 0.632. The minimum absolute atomic E-state index is 0.120. The summed E-state index contributed by atoms with van der Waals surface area (Å²) in [6, 6.07) is 10.6. The second kappa shape index (κ2) is 6.34. The third-order valence-electron chi connectivity index (χ3n) is 3.48. The van der Waals surface area contributed by atoms with Crippen molar-refractivity contribution in [2.24, 2.45) is 0 Å². The van der Waals surface area contributed by atoms with Gasteiger partial charge in [0, 0.05) is 10.3 Å². The van der Waals surface area contributed by atoms with Gasteiger partial charge in [-0.05, 0) is 65.0 Å². The number of para-hydroxylation sites is 1. The second-order valence-electron chi connectivity index (χ2n) is 5.18. The van der Waals surface area contributed by atoms with Crippen LogP contribution in [0, 0.1) is 6.92 Å². The predicted octanol–water partition coefficient (Wildman–Crippen LogP) is 5.65. The summed E-state index contributed by atoms with van der Waals surface area (Å²) < 4.78 is 7.12. The van der Waals surface area contributed by atoms with Crippen LogP contribution in [-0.4, -0.2) is 6.54 Å². The molecule has 1 unspecified atom stereocenters. The van der Waals surface area contributed by atoms with E-state index in [2.05, 4.69) is 58.7 Å². The molecule has 0 spiro atoms. The lowest BCUT2D eigenvalue weighted by Gasteiger charge is -2.14. The molecule has 0 saturated heterocycles. The number of halogens is 1. The number of hydrogen-bond donors (Lipinski definition) is 1. The summed E-state index contributed by atoms with van der Waals surface area (Å²) in [6.07, 6.45) is 1.10. The normalized spacial score (nSPS) is 12.9. The Labute approximate surface area is 137 Å². The Morgan fingerprint density at radius 1 is 1.33 bits per heavy atom. The third-order valence-corrected chi connectivity index (χ3v) is 4.99. The van der Waals surface area contributed by atoms with Crippen LogP contribution >= 0.6 is 27.3 Å². The van der Waals surface area contributed by atoms with Gasteiger partial charge in [-0.15, -0.1) is 11.3 Å². The van der Waals surface area contributed by atoms with Gasteiger partial charge in [-0.2, -0.15) is 0 Å². The van der Waals surface area contributed by atoms with Crippen molar-refractivity contribution in [1.29, 1.82) is 0 Å². The van der Waals surface area contributed by atoms with Gasteiger partial charge in [-0.1, -0.05) is 19.1 Å². The largest absolute Gasteiger partial charge is 0.458 e. The molecule has 0 bridgehead atoms. The minimum Gasteiger partial charge on any atom is -0.458 e. The summed E-state index contributed by atoms with van der Waals surface area (Å²) in [5.41, 5.74) is 2.20. The van der Waals surface area contributed by atoms with Crippen LogP contribution in [0.2, 0.25) is 0 Å². The van der Waals surface area contributed by atoms with E-state index in [-0.39, 0.29) is 6.04 Å². The van der Waals surface area contributed by atoms with Crippen LogP contribution < -0.4 is 5.32 Å². The van der Waals surface area contributed by atoms with Gasteiger partial charge in [0.25, 0.3) is 0 Å². The Balaban J connectivity index is 2.03. The van der Waals surface area contributed by atoms with Gasteiger partial charge < -0.3 is 9.73 Å². The van der Waals surface area contributed by atoms with Crippen molar-refractivity contribution in [3.63, 3.8) is 0 Å². The number of rotatable bonds is 5. The van der Waals surface area contributed by atoms with Crippen LogP contribution in [0.4, 0.5) is 0 Å². The lowest BCUT2D eigenvalue weighted by Crippen LogP contribution is -2.22. The van der Waals surface area contributed by atoms with Crippen molar-refractivity contribution < 1.29 is 4.42 Å². The van der Waals surface area contributed by atoms with Crippen LogP contribution in [0.5, 0.6) is 0 Å². The fourth-order valence-electron chi connectivity index (χ4n) is 2.48. The first-order valence-electron chi connectivity index (χ1n) is 7.15. The van der Waals surface area contributed by atoms with Crippen LogP contribution in [0.15, 0.2) is 44.6 Å². The first-order chi connectivity index (χ1) is 10.2. The van der Waals surface area contributed by atoms with E-state index >= 15 is 0 Å². The predicted molar refractivity (Wildman–Crippen MR) is 93.1 cm³/mol. The standard InChI is InChI=1S/C17H18BrNOS/c1-3-7-19-16(13-8-11(2)21-10-13)15-9-12-5-4-6-14(18)17(12)20-15/h4-6,8-10,16,19H,3,7H2,1-2H3. The molecule has 110 valence electrons. The molecule has 0 amide bonds. The first kappa shape index (κ1) is 14.8. The van der Waals surface area contributed by atoms with Crippen LogP contribution in [-0.2, 0) is 0 Å². The maximum absolute atomic E-state index is 6.12. The molecular weight excluding hydrogens is 346 g/mol. The molecule has 0 radical (unpaired) electrons. The van der Waals surface area contributed by atoms with Crippen molar-refractivity contribution in [3.05, 3.63) is 56.4 Å². The fraction of sp³-hybridized carbons (Fsp3) is 0.294. The van der Waals surface area contributed by atoms with E-state index < -0.39 is 0 Å². The van der Waals surface area contributed by atoms with E-state index in [0.29, 0.717) is 0 Å². The van der Waals surface area contributed by atoms with Crippen molar-refractivity contribution in [2.45, 2.75) is 26.3 Å². The summed E-state index contributed by atoms with van der Waals surface area (Å²) in [7, 11) is 0. The molecule has 0 aliphatic heterocycles. The monoisotopic (exact) mass is 363 g/mol. The van der Waals surface area contributed by atoms with E-state index in [9.17, 15) is 0 Å². The molecule has 3 rings (SSSR count). The highest BCUT2D eigenvalue weighted by Crippen LogP contribution is 2.33. The SMILES string of the molecule is CCCNC(c1csc(C)c1)c1cc2cccc(Br)c2o1. The van der Waals surface area contributed by atoms with Gasteiger partial charge in [0.15, 0.2) is 0 Å². The number of furan rings is 1. The zero-order valence-electron chi connectivity index (χ0n) is 12.2. The Bertz CT molecular complexity index is 746. The summed E-state index contributed by atoms with van der Waals surface area (Å²) in [5, 5.41) is 6.94. The van der Waals surface area contributed by atoms with Gasteiger partial charge in [0.1, 0.15) is 11.3 Å². The topological polar surface area (TPSA) is 25.2 Å². The van der Waals surface area contributed by atoms with Crippen molar-refractivity contribution >= 4 is 38.2 Å². The molecule has 0 aliphatic rings. The average molecular weight is 364 g/mol. The molecule has 1 N–H and O–H groups in total. The van der Waals surface area contributed by atoms with Crippen LogP contribution in [0.25, 0.3) is 11.0 Å². The van der Waals surface area contributed by atoms with Crippen molar-refractivity contribution in [2.75, 3.05) is 6.54 Å². The van der Waals surface area contributed by atoms with Crippen LogP contribution in [0.3, 0.4) is 0 Å². The van der Waals surface area contributed by atoms with E-state index in [1.807, 2.05) is 12.1 Å². The summed E-state index contributed by atoms with van der Waals surface area (Å²) in [5.74, 6) is 0.975. The average Bonchev–Trinajstić information content (AvgIpc) is 3.07. The minimum atomic E-state index is 0.120. The number of benzene rings is 1. The van der Waals surface area contributed by atoms with Gasteiger partial charge in [-0.3, -0.25) is 0 Å². The lowest BCUT2D eigenvalue weighted by atomic mass is 10.1. The molecule has 2 nitrogen and oxygen atoms in total. The van der Waals surface area contributed by atoms with Crippen molar-refractivity contribution in [3.8, 4) is 0 Å². The first-order valence-corrected chi connectivity index (χ1v) is 8.82. The van der Waals surface area contributed by atoms with E-state index in [1.165, 1.54) is 10.4 Å². The molecule has 0 saturated carbocycles. The molecule has 21 heavy (non-hydrogen) atoms. The number of hydrogen-bond acceptors (Lipinski definition) is 3. The Kier molecular flexibility index (Phi) is 4.48. The van der Waals surface area contributed by atoms with Gasteiger partial charge in [0.2, 0.25) is 0 Å². The van der Waals surface area contributed by atoms with Gasteiger partial charge in [0.05, 0.1) is 10.5 Å². The Morgan fingerprint density at radius 2 is 2.19 bits per heavy atom.